The fraction of sp³-hybridized carbons (Fsp3) is 0.333. The molecule has 4 heteroatoms. The van der Waals surface area contributed by atoms with Crippen LogP contribution in [0.15, 0.2) is 39.5 Å². The molecule has 1 aromatic heterocycles. The van der Waals surface area contributed by atoms with E-state index in [2.05, 4.69) is 52.6 Å². The molecule has 2 nitrogen and oxygen atoms in total. The van der Waals surface area contributed by atoms with Crippen molar-refractivity contribution < 1.29 is 4.74 Å². The molecule has 0 aliphatic carbocycles. The Morgan fingerprint density at radius 3 is 2.84 bits per heavy atom. The second-order valence-corrected chi connectivity index (χ2v) is 7.14. The van der Waals surface area contributed by atoms with E-state index in [4.69, 9.17) is 4.74 Å². The molecule has 0 saturated carbocycles. The Hall–Kier alpha value is -1.00. The molecule has 0 atom stereocenters. The molecule has 102 valence electrons. The van der Waals surface area contributed by atoms with Gasteiger partial charge in [-0.2, -0.15) is 0 Å². The third-order valence-electron chi connectivity index (χ3n) is 2.54. The van der Waals surface area contributed by atoms with E-state index in [1.54, 1.807) is 11.3 Å². The van der Waals surface area contributed by atoms with Crippen LogP contribution in [0.25, 0.3) is 0 Å². The first-order valence-electron chi connectivity index (χ1n) is 6.33. The molecule has 0 amide bonds. The summed E-state index contributed by atoms with van der Waals surface area (Å²) in [4.78, 5) is 0. The second kappa shape index (κ2) is 6.96. The number of nitrogens with one attached hydrogen (secondary N) is 1. The average Bonchev–Trinajstić information content (AvgIpc) is 2.80. The van der Waals surface area contributed by atoms with Gasteiger partial charge in [0.1, 0.15) is 5.75 Å². The van der Waals surface area contributed by atoms with E-state index in [0.29, 0.717) is 5.92 Å². The van der Waals surface area contributed by atoms with E-state index in [1.807, 2.05) is 18.2 Å². The molecule has 0 saturated heterocycles. The zero-order valence-corrected chi connectivity index (χ0v) is 13.6. The lowest BCUT2D eigenvalue weighted by atomic mass is 10.2. The van der Waals surface area contributed by atoms with Gasteiger partial charge in [0.05, 0.1) is 10.4 Å². The van der Waals surface area contributed by atoms with Crippen molar-refractivity contribution in [3.63, 3.8) is 0 Å². The van der Waals surface area contributed by atoms with Crippen molar-refractivity contribution in [1.29, 1.82) is 0 Å². The van der Waals surface area contributed by atoms with Crippen LogP contribution in [0.2, 0.25) is 0 Å². The number of thiophene rings is 1. The molecule has 2 rings (SSSR count). The molecule has 2 aromatic rings. The lowest BCUT2D eigenvalue weighted by Crippen LogP contribution is -2.05. The topological polar surface area (TPSA) is 21.3 Å². The highest BCUT2D eigenvalue weighted by molar-refractivity contribution is 9.11. The summed E-state index contributed by atoms with van der Waals surface area (Å²) in [6.07, 6.45) is 0. The number of benzene rings is 1. The summed E-state index contributed by atoms with van der Waals surface area (Å²) in [5.41, 5.74) is 2.37. The van der Waals surface area contributed by atoms with Gasteiger partial charge in [-0.1, -0.05) is 19.9 Å². The first kappa shape index (κ1) is 14.4. The fourth-order valence-electron chi connectivity index (χ4n) is 1.60. The predicted octanol–water partition coefficient (Wildman–Crippen LogP) is 5.16. The van der Waals surface area contributed by atoms with Crippen LogP contribution in [-0.2, 0) is 6.54 Å². The molecule has 0 spiro atoms. The number of hydrogen-bond acceptors (Lipinski definition) is 3. The Bertz CT molecular complexity index is 524. The smallest absolute Gasteiger partial charge is 0.121 e. The summed E-state index contributed by atoms with van der Waals surface area (Å²) in [6, 6.07) is 10.3. The molecule has 19 heavy (non-hydrogen) atoms. The van der Waals surface area contributed by atoms with Crippen molar-refractivity contribution in [1.82, 2.24) is 0 Å². The average molecular weight is 340 g/mol. The van der Waals surface area contributed by atoms with Crippen LogP contribution < -0.4 is 10.1 Å². The first-order valence-corrected chi connectivity index (χ1v) is 8.00. The fourth-order valence-corrected chi connectivity index (χ4v) is 2.81. The van der Waals surface area contributed by atoms with E-state index in [9.17, 15) is 0 Å². The highest BCUT2D eigenvalue weighted by atomic mass is 79.9. The molecule has 1 heterocycles. The van der Waals surface area contributed by atoms with Crippen molar-refractivity contribution in [3.05, 3.63) is 45.1 Å². The van der Waals surface area contributed by atoms with Gasteiger partial charge in [-0.3, -0.25) is 0 Å². The maximum Gasteiger partial charge on any atom is 0.121 e. The van der Waals surface area contributed by atoms with Crippen LogP contribution in [0, 0.1) is 5.92 Å². The van der Waals surface area contributed by atoms with Crippen molar-refractivity contribution >= 4 is 33.0 Å². The minimum atomic E-state index is 0.541. The minimum Gasteiger partial charge on any atom is -0.493 e. The number of anilines is 1. The van der Waals surface area contributed by atoms with Crippen LogP contribution >= 0.6 is 27.3 Å². The van der Waals surface area contributed by atoms with E-state index >= 15 is 0 Å². The van der Waals surface area contributed by atoms with Crippen LogP contribution in [0.4, 0.5) is 5.69 Å². The number of halogens is 1. The maximum atomic E-state index is 5.72. The van der Waals surface area contributed by atoms with Gasteiger partial charge in [-0.15, -0.1) is 11.3 Å². The molecule has 1 N–H and O–H groups in total. The Morgan fingerprint density at radius 2 is 2.16 bits per heavy atom. The van der Waals surface area contributed by atoms with E-state index < -0.39 is 0 Å². The minimum absolute atomic E-state index is 0.541. The van der Waals surface area contributed by atoms with E-state index in [1.165, 1.54) is 9.35 Å². The lowest BCUT2D eigenvalue weighted by Gasteiger charge is -2.11. The molecule has 0 unspecified atom stereocenters. The van der Waals surface area contributed by atoms with Gasteiger partial charge in [0.25, 0.3) is 0 Å². The Morgan fingerprint density at radius 1 is 1.32 bits per heavy atom. The van der Waals surface area contributed by atoms with Gasteiger partial charge < -0.3 is 10.1 Å². The molecular weight excluding hydrogens is 322 g/mol. The van der Waals surface area contributed by atoms with Gasteiger partial charge in [0, 0.05) is 18.3 Å². The van der Waals surface area contributed by atoms with Crippen LogP contribution in [0.1, 0.15) is 19.4 Å². The third-order valence-corrected chi connectivity index (χ3v) is 4.09. The SMILES string of the molecule is CC(C)COc1cccc(NCc2csc(Br)c2)c1. The largest absolute Gasteiger partial charge is 0.493 e. The summed E-state index contributed by atoms with van der Waals surface area (Å²) in [5.74, 6) is 1.46. The Kier molecular flexibility index (Phi) is 5.28. The van der Waals surface area contributed by atoms with Gasteiger partial charge in [0.15, 0.2) is 0 Å². The van der Waals surface area contributed by atoms with Crippen LogP contribution in [0.3, 0.4) is 0 Å². The summed E-state index contributed by atoms with van der Waals surface area (Å²) >= 11 is 5.18. The quantitative estimate of drug-likeness (QED) is 0.784. The summed E-state index contributed by atoms with van der Waals surface area (Å²) in [5, 5.41) is 5.56. The lowest BCUT2D eigenvalue weighted by molar-refractivity contribution is 0.271. The molecule has 0 aliphatic rings. The van der Waals surface area contributed by atoms with Crippen molar-refractivity contribution in [3.8, 4) is 5.75 Å². The molecule has 1 aromatic carbocycles. The number of ether oxygens (including phenoxy) is 1. The Balaban J connectivity index is 1.91. The molecule has 0 fully saturated rings. The normalized spacial score (nSPS) is 10.7. The summed E-state index contributed by atoms with van der Waals surface area (Å²) in [7, 11) is 0. The zero-order chi connectivity index (χ0) is 13.7. The monoisotopic (exact) mass is 339 g/mol. The third kappa shape index (κ3) is 4.88. The zero-order valence-electron chi connectivity index (χ0n) is 11.2. The van der Waals surface area contributed by atoms with Crippen LogP contribution in [-0.4, -0.2) is 6.61 Å². The van der Waals surface area contributed by atoms with Crippen molar-refractivity contribution in [2.45, 2.75) is 20.4 Å². The highest BCUT2D eigenvalue weighted by Gasteiger charge is 2.00. The van der Waals surface area contributed by atoms with Gasteiger partial charge >= 0.3 is 0 Å². The highest BCUT2D eigenvalue weighted by Crippen LogP contribution is 2.22. The van der Waals surface area contributed by atoms with Gasteiger partial charge in [-0.25, -0.2) is 0 Å². The molecule has 0 radical (unpaired) electrons. The summed E-state index contributed by atoms with van der Waals surface area (Å²) in [6.45, 7) is 5.88. The molecule has 0 aliphatic heterocycles. The summed E-state index contributed by atoms with van der Waals surface area (Å²) < 4.78 is 6.88. The standard InChI is InChI=1S/C15H18BrNOS/c1-11(2)9-18-14-5-3-4-13(7-14)17-8-12-6-15(16)19-10-12/h3-7,10-11,17H,8-9H2,1-2H3. The van der Waals surface area contributed by atoms with E-state index in [0.717, 1.165) is 24.6 Å². The van der Waals surface area contributed by atoms with Gasteiger partial charge in [0.2, 0.25) is 0 Å². The second-order valence-electron chi connectivity index (χ2n) is 4.85. The molecule has 0 bridgehead atoms. The maximum absolute atomic E-state index is 5.72. The first-order chi connectivity index (χ1) is 9.13. The van der Waals surface area contributed by atoms with Crippen molar-refractivity contribution in [2.24, 2.45) is 5.92 Å². The molecular formula is C15H18BrNOS. The number of rotatable bonds is 6. The van der Waals surface area contributed by atoms with Crippen molar-refractivity contribution in [2.75, 3.05) is 11.9 Å². The van der Waals surface area contributed by atoms with Gasteiger partial charge in [-0.05, 0) is 51.0 Å². The van der Waals surface area contributed by atoms with Crippen LogP contribution in [0.5, 0.6) is 5.75 Å². The Labute approximate surface area is 126 Å². The number of hydrogen-bond donors (Lipinski definition) is 1. The van der Waals surface area contributed by atoms with E-state index in [-0.39, 0.29) is 0 Å². The predicted molar refractivity (Wildman–Crippen MR) is 86.1 cm³/mol.